The van der Waals surface area contributed by atoms with Crippen molar-refractivity contribution in [1.82, 2.24) is 9.97 Å². The van der Waals surface area contributed by atoms with E-state index in [0.717, 1.165) is 6.20 Å². The molecule has 1 aromatic carbocycles. The summed E-state index contributed by atoms with van der Waals surface area (Å²) in [7, 11) is 1.53. The van der Waals surface area contributed by atoms with Crippen LogP contribution in [0, 0.1) is 15.9 Å². The summed E-state index contributed by atoms with van der Waals surface area (Å²) in [6.07, 6.45) is 0.969. The largest absolute Gasteiger partial charge is 0.430 e. The fourth-order valence-corrected chi connectivity index (χ4v) is 1.51. The molecule has 0 bridgehead atoms. The quantitative estimate of drug-likeness (QED) is 0.689. The molecule has 1 heterocycles. The fourth-order valence-electron chi connectivity index (χ4n) is 1.35. The van der Waals surface area contributed by atoms with Gasteiger partial charge in [0.05, 0.1) is 9.95 Å². The minimum atomic E-state index is -0.826. The van der Waals surface area contributed by atoms with Crippen LogP contribution < -0.4 is 10.1 Å². The second kappa shape index (κ2) is 5.66. The van der Waals surface area contributed by atoms with Crippen LogP contribution in [-0.2, 0) is 0 Å². The lowest BCUT2D eigenvalue weighted by molar-refractivity contribution is -0.386. The predicted molar refractivity (Wildman–Crippen MR) is 69.7 cm³/mol. The number of nitrogens with zero attached hydrogens (tertiary/aromatic N) is 3. The SMILES string of the molecule is CNc1ncc([N+](=O)[O-])c(Oc2cccc(Cl)c2F)n1. The van der Waals surface area contributed by atoms with Crippen LogP contribution >= 0.6 is 11.6 Å². The highest BCUT2D eigenvalue weighted by Gasteiger charge is 2.21. The van der Waals surface area contributed by atoms with Gasteiger partial charge in [0, 0.05) is 7.05 Å². The summed E-state index contributed by atoms with van der Waals surface area (Å²) < 4.78 is 18.8. The first-order valence-electron chi connectivity index (χ1n) is 5.34. The third-order valence-corrected chi connectivity index (χ3v) is 2.57. The van der Waals surface area contributed by atoms with Gasteiger partial charge in [-0.3, -0.25) is 10.1 Å². The first-order valence-corrected chi connectivity index (χ1v) is 5.71. The Balaban J connectivity index is 2.46. The number of anilines is 1. The molecule has 0 saturated heterocycles. The lowest BCUT2D eigenvalue weighted by Crippen LogP contribution is -2.02. The number of benzene rings is 1. The molecule has 1 N–H and O–H groups in total. The van der Waals surface area contributed by atoms with Gasteiger partial charge in [-0.25, -0.2) is 9.37 Å². The Kier molecular flexibility index (Phi) is 3.94. The Hall–Kier alpha value is -2.48. The third-order valence-electron chi connectivity index (χ3n) is 2.28. The van der Waals surface area contributed by atoms with E-state index >= 15 is 0 Å². The van der Waals surface area contributed by atoms with Crippen molar-refractivity contribution >= 4 is 23.2 Å². The summed E-state index contributed by atoms with van der Waals surface area (Å²) in [6, 6.07) is 4.07. The molecule has 7 nitrogen and oxygen atoms in total. The van der Waals surface area contributed by atoms with E-state index in [9.17, 15) is 14.5 Å². The maximum atomic E-state index is 13.7. The zero-order chi connectivity index (χ0) is 14.7. The van der Waals surface area contributed by atoms with E-state index in [0.29, 0.717) is 0 Å². The van der Waals surface area contributed by atoms with Crippen LogP contribution in [0.15, 0.2) is 24.4 Å². The molecule has 0 radical (unpaired) electrons. The molecular weight excluding hydrogens is 291 g/mol. The lowest BCUT2D eigenvalue weighted by atomic mass is 10.3. The van der Waals surface area contributed by atoms with Gasteiger partial charge in [0.2, 0.25) is 5.95 Å². The Morgan fingerprint density at radius 1 is 1.50 bits per heavy atom. The van der Waals surface area contributed by atoms with E-state index < -0.39 is 16.4 Å². The highest BCUT2D eigenvalue weighted by atomic mass is 35.5. The van der Waals surface area contributed by atoms with E-state index in [1.165, 1.54) is 25.2 Å². The van der Waals surface area contributed by atoms with E-state index in [-0.39, 0.29) is 22.6 Å². The molecule has 0 unspecified atom stereocenters. The number of halogens is 2. The van der Waals surface area contributed by atoms with Gasteiger partial charge >= 0.3 is 11.6 Å². The van der Waals surface area contributed by atoms with Crippen LogP contribution in [0.25, 0.3) is 0 Å². The summed E-state index contributed by atoms with van der Waals surface area (Å²) in [5.74, 6) is -1.36. The monoisotopic (exact) mass is 298 g/mol. The summed E-state index contributed by atoms with van der Waals surface area (Å²) in [4.78, 5) is 17.6. The van der Waals surface area contributed by atoms with Crippen LogP contribution in [0.4, 0.5) is 16.0 Å². The van der Waals surface area contributed by atoms with Gasteiger partial charge < -0.3 is 10.1 Å². The van der Waals surface area contributed by atoms with Crippen LogP contribution in [0.1, 0.15) is 0 Å². The van der Waals surface area contributed by atoms with Gasteiger partial charge in [-0.2, -0.15) is 4.98 Å². The van der Waals surface area contributed by atoms with Crippen molar-refractivity contribution in [3.63, 3.8) is 0 Å². The second-order valence-electron chi connectivity index (χ2n) is 3.55. The topological polar surface area (TPSA) is 90.2 Å². The van der Waals surface area contributed by atoms with Gasteiger partial charge in [-0.15, -0.1) is 0 Å². The molecule has 0 fully saturated rings. The fraction of sp³-hybridized carbons (Fsp3) is 0.0909. The molecule has 0 spiro atoms. The Labute approximate surface area is 117 Å². The second-order valence-corrected chi connectivity index (χ2v) is 3.95. The summed E-state index contributed by atoms with van der Waals surface area (Å²) in [5.41, 5.74) is -0.483. The molecule has 1 aromatic heterocycles. The average Bonchev–Trinajstić information content (AvgIpc) is 2.43. The molecule has 0 aliphatic rings. The number of ether oxygens (including phenoxy) is 1. The van der Waals surface area contributed by atoms with Crippen molar-refractivity contribution in [2.24, 2.45) is 0 Å². The van der Waals surface area contributed by atoms with Crippen LogP contribution in [0.5, 0.6) is 11.6 Å². The molecular formula is C11H8ClFN4O3. The first kappa shape index (κ1) is 13.9. The smallest absolute Gasteiger partial charge is 0.349 e. The zero-order valence-corrected chi connectivity index (χ0v) is 10.9. The van der Waals surface area contributed by atoms with Crippen LogP contribution in [0.3, 0.4) is 0 Å². The normalized spacial score (nSPS) is 10.2. The Morgan fingerprint density at radius 2 is 2.25 bits per heavy atom. The van der Waals surface area contributed by atoms with Gasteiger partial charge in [0.1, 0.15) is 6.20 Å². The van der Waals surface area contributed by atoms with Crippen LogP contribution in [0.2, 0.25) is 5.02 Å². The molecule has 2 aromatic rings. The maximum Gasteiger partial charge on any atom is 0.349 e. The third kappa shape index (κ3) is 2.75. The van der Waals surface area contributed by atoms with Crippen molar-refractivity contribution in [3.05, 3.63) is 45.4 Å². The number of nitrogens with one attached hydrogen (secondary N) is 1. The molecule has 0 aliphatic heterocycles. The highest BCUT2D eigenvalue weighted by Crippen LogP contribution is 2.32. The van der Waals surface area contributed by atoms with Crippen LogP contribution in [-0.4, -0.2) is 21.9 Å². The Morgan fingerprint density at radius 3 is 2.90 bits per heavy atom. The minimum absolute atomic E-state index is 0.105. The predicted octanol–water partition coefficient (Wildman–Crippen LogP) is 3.01. The average molecular weight is 299 g/mol. The van der Waals surface area contributed by atoms with Crippen molar-refractivity contribution in [3.8, 4) is 11.6 Å². The van der Waals surface area contributed by atoms with E-state index in [1.54, 1.807) is 0 Å². The van der Waals surface area contributed by atoms with Crippen molar-refractivity contribution in [2.75, 3.05) is 12.4 Å². The number of aromatic nitrogens is 2. The molecule has 0 atom stereocenters. The molecule has 104 valence electrons. The first-order chi connectivity index (χ1) is 9.52. The van der Waals surface area contributed by atoms with Gasteiger partial charge in [0.25, 0.3) is 0 Å². The summed E-state index contributed by atoms with van der Waals surface area (Å²) in [6.45, 7) is 0. The number of hydrogen-bond acceptors (Lipinski definition) is 6. The standard InChI is InChI=1S/C11H8ClFN4O3/c1-14-11-15-5-7(17(18)19)10(16-11)20-8-4-2-3-6(12)9(8)13/h2-5H,1H3,(H,14,15,16). The minimum Gasteiger partial charge on any atom is -0.430 e. The molecule has 2 rings (SSSR count). The zero-order valence-electron chi connectivity index (χ0n) is 10.1. The van der Waals surface area contributed by atoms with Crippen molar-refractivity contribution in [1.29, 1.82) is 0 Å². The lowest BCUT2D eigenvalue weighted by Gasteiger charge is -2.07. The van der Waals surface area contributed by atoms with E-state index in [4.69, 9.17) is 16.3 Å². The number of hydrogen-bond donors (Lipinski definition) is 1. The van der Waals surface area contributed by atoms with Crippen molar-refractivity contribution < 1.29 is 14.1 Å². The highest BCUT2D eigenvalue weighted by molar-refractivity contribution is 6.30. The Bertz CT molecular complexity index is 668. The summed E-state index contributed by atoms with van der Waals surface area (Å²) >= 11 is 5.61. The van der Waals surface area contributed by atoms with E-state index in [2.05, 4.69) is 15.3 Å². The molecule has 0 amide bonds. The number of rotatable bonds is 4. The molecule has 0 saturated carbocycles. The molecule has 9 heteroatoms. The van der Waals surface area contributed by atoms with Gasteiger partial charge in [-0.1, -0.05) is 17.7 Å². The van der Waals surface area contributed by atoms with Gasteiger partial charge in [-0.05, 0) is 12.1 Å². The van der Waals surface area contributed by atoms with E-state index in [1.807, 2.05) is 0 Å². The van der Waals surface area contributed by atoms with Gasteiger partial charge in [0.15, 0.2) is 11.6 Å². The maximum absolute atomic E-state index is 13.7. The summed E-state index contributed by atoms with van der Waals surface area (Å²) in [5, 5.41) is 13.3. The molecule has 0 aliphatic carbocycles. The van der Waals surface area contributed by atoms with Crippen molar-refractivity contribution in [2.45, 2.75) is 0 Å². The number of nitro groups is 1. The molecule has 20 heavy (non-hydrogen) atoms.